The van der Waals surface area contributed by atoms with Crippen LogP contribution in [0.4, 0.5) is 0 Å². The second kappa shape index (κ2) is 10.9. The summed E-state index contributed by atoms with van der Waals surface area (Å²) in [6.07, 6.45) is 2.33. The molecule has 0 spiro atoms. The number of fused-ring (bicyclic) bond motifs is 1. The van der Waals surface area contributed by atoms with E-state index in [4.69, 9.17) is 23.4 Å². The van der Waals surface area contributed by atoms with Gasteiger partial charge in [-0.3, -0.25) is 9.59 Å². The molecule has 0 aliphatic carbocycles. The molecular weight excluding hydrogens is 490 g/mol. The number of rotatable bonds is 9. The van der Waals surface area contributed by atoms with Crippen LogP contribution in [0.1, 0.15) is 43.2 Å². The minimum Gasteiger partial charge on any atom is -0.507 e. The second-order valence-corrected chi connectivity index (χ2v) is 8.85. The number of likely N-dealkylation sites (tertiary alicyclic amines) is 1. The van der Waals surface area contributed by atoms with E-state index in [1.807, 2.05) is 13.8 Å². The van der Waals surface area contributed by atoms with Crippen LogP contribution in [0.5, 0.6) is 23.0 Å². The Bertz CT molecular complexity index is 1360. The van der Waals surface area contributed by atoms with Crippen LogP contribution < -0.4 is 18.9 Å². The van der Waals surface area contributed by atoms with E-state index in [1.54, 1.807) is 48.5 Å². The summed E-state index contributed by atoms with van der Waals surface area (Å²) in [5.74, 6) is 0.715. The minimum atomic E-state index is -0.896. The first-order chi connectivity index (χ1) is 18.5. The maximum atomic E-state index is 13.4. The molecule has 1 atom stereocenters. The molecule has 0 bridgehead atoms. The number of Topliss-reactive ketones (excluding diaryl/α,β-unsaturated/α-hetero) is 1. The molecule has 2 aliphatic rings. The highest BCUT2D eigenvalue weighted by molar-refractivity contribution is 6.46. The summed E-state index contributed by atoms with van der Waals surface area (Å²) in [7, 11) is 0. The van der Waals surface area contributed by atoms with E-state index in [-0.39, 0.29) is 17.9 Å². The molecule has 1 fully saturated rings. The van der Waals surface area contributed by atoms with Crippen molar-refractivity contribution in [1.82, 2.24) is 4.90 Å². The van der Waals surface area contributed by atoms with Crippen molar-refractivity contribution in [3.8, 4) is 23.0 Å². The zero-order valence-electron chi connectivity index (χ0n) is 21.3. The molecule has 198 valence electrons. The third-order valence-electron chi connectivity index (χ3n) is 6.31. The number of benzene rings is 2. The fraction of sp³-hybridized carbons (Fsp3) is 0.310. The Morgan fingerprint density at radius 1 is 1.00 bits per heavy atom. The highest BCUT2D eigenvalue weighted by Crippen LogP contribution is 2.43. The van der Waals surface area contributed by atoms with Gasteiger partial charge in [0.05, 0.1) is 37.6 Å². The first-order valence-electron chi connectivity index (χ1n) is 12.6. The number of aliphatic hydroxyl groups excluding tert-OH is 1. The van der Waals surface area contributed by atoms with Crippen molar-refractivity contribution < 1.29 is 38.1 Å². The summed E-state index contributed by atoms with van der Waals surface area (Å²) in [4.78, 5) is 28.1. The van der Waals surface area contributed by atoms with E-state index in [0.29, 0.717) is 66.3 Å². The van der Waals surface area contributed by atoms with E-state index in [1.165, 1.54) is 11.2 Å². The van der Waals surface area contributed by atoms with Crippen molar-refractivity contribution in [2.45, 2.75) is 32.9 Å². The molecule has 5 rings (SSSR count). The number of carbonyl (C=O) groups excluding carboxylic acids is 2. The summed E-state index contributed by atoms with van der Waals surface area (Å²) in [5, 5.41) is 11.4. The number of hydrogen-bond acceptors (Lipinski definition) is 8. The number of amides is 1. The first-order valence-corrected chi connectivity index (χ1v) is 12.6. The number of ether oxygens (including phenoxy) is 4. The van der Waals surface area contributed by atoms with Crippen molar-refractivity contribution in [1.29, 1.82) is 0 Å². The summed E-state index contributed by atoms with van der Waals surface area (Å²) < 4.78 is 28.4. The zero-order chi connectivity index (χ0) is 26.6. The van der Waals surface area contributed by atoms with Gasteiger partial charge in [-0.15, -0.1) is 0 Å². The van der Waals surface area contributed by atoms with Gasteiger partial charge in [0.1, 0.15) is 24.7 Å². The van der Waals surface area contributed by atoms with Crippen LogP contribution in [0.25, 0.3) is 5.76 Å². The Hall–Kier alpha value is -4.40. The topological polar surface area (TPSA) is 108 Å². The van der Waals surface area contributed by atoms with Crippen molar-refractivity contribution in [2.75, 3.05) is 26.4 Å². The number of ketones is 1. The average Bonchev–Trinajstić information content (AvgIpc) is 3.54. The molecule has 0 saturated carbocycles. The summed E-state index contributed by atoms with van der Waals surface area (Å²) in [6, 6.07) is 12.7. The lowest BCUT2D eigenvalue weighted by Gasteiger charge is -2.25. The molecule has 2 aromatic carbocycles. The average molecular weight is 520 g/mol. The molecule has 1 N–H and O–H groups in total. The van der Waals surface area contributed by atoms with Crippen molar-refractivity contribution in [3.05, 3.63) is 77.3 Å². The Morgan fingerprint density at radius 3 is 2.55 bits per heavy atom. The monoisotopic (exact) mass is 519 g/mol. The van der Waals surface area contributed by atoms with E-state index in [9.17, 15) is 14.7 Å². The largest absolute Gasteiger partial charge is 0.507 e. The SMILES string of the molecule is CCCOc1ccc([C@@H]2C(=C(O)c3ccc4c(c3)OCCO4)C(=O)C(=O)N2Cc2ccco2)cc1OCC. The molecule has 0 unspecified atom stereocenters. The molecule has 38 heavy (non-hydrogen) atoms. The Morgan fingerprint density at radius 2 is 1.82 bits per heavy atom. The third kappa shape index (κ3) is 4.79. The Balaban J connectivity index is 1.63. The zero-order valence-corrected chi connectivity index (χ0v) is 21.3. The minimum absolute atomic E-state index is 0.0390. The fourth-order valence-corrected chi connectivity index (χ4v) is 4.60. The van der Waals surface area contributed by atoms with E-state index < -0.39 is 17.7 Å². The number of carbonyl (C=O) groups is 2. The van der Waals surface area contributed by atoms with Gasteiger partial charge >= 0.3 is 0 Å². The number of furan rings is 1. The Labute approximate surface area is 220 Å². The molecule has 9 heteroatoms. The molecule has 0 radical (unpaired) electrons. The molecule has 3 aromatic rings. The lowest BCUT2D eigenvalue weighted by atomic mass is 9.94. The molecule has 9 nitrogen and oxygen atoms in total. The van der Waals surface area contributed by atoms with Crippen LogP contribution in [0, 0.1) is 0 Å². The predicted molar refractivity (Wildman–Crippen MR) is 137 cm³/mol. The highest BCUT2D eigenvalue weighted by atomic mass is 16.6. The molecule has 1 saturated heterocycles. The van der Waals surface area contributed by atoms with Crippen LogP contribution in [0.2, 0.25) is 0 Å². The predicted octanol–water partition coefficient (Wildman–Crippen LogP) is 4.86. The van der Waals surface area contributed by atoms with Crippen LogP contribution in [-0.4, -0.2) is 48.1 Å². The van der Waals surface area contributed by atoms with Gasteiger partial charge in [-0.2, -0.15) is 0 Å². The van der Waals surface area contributed by atoms with Crippen molar-refractivity contribution in [3.63, 3.8) is 0 Å². The Kier molecular flexibility index (Phi) is 7.26. The van der Waals surface area contributed by atoms with E-state index >= 15 is 0 Å². The quantitative estimate of drug-likeness (QED) is 0.243. The van der Waals surface area contributed by atoms with Crippen molar-refractivity contribution in [2.24, 2.45) is 0 Å². The van der Waals surface area contributed by atoms with Gasteiger partial charge in [-0.25, -0.2) is 0 Å². The molecule has 1 amide bonds. The lowest BCUT2D eigenvalue weighted by Crippen LogP contribution is -2.29. The van der Waals surface area contributed by atoms with Gasteiger partial charge in [0.2, 0.25) is 0 Å². The molecular formula is C29H29NO8. The number of nitrogens with zero attached hydrogens (tertiary/aromatic N) is 1. The maximum absolute atomic E-state index is 13.4. The van der Waals surface area contributed by atoms with Gasteiger partial charge < -0.3 is 33.4 Å². The van der Waals surface area contributed by atoms with Gasteiger partial charge in [0.15, 0.2) is 23.0 Å². The third-order valence-corrected chi connectivity index (χ3v) is 6.31. The van der Waals surface area contributed by atoms with E-state index in [0.717, 1.165) is 6.42 Å². The highest BCUT2D eigenvalue weighted by Gasteiger charge is 2.46. The molecule has 3 heterocycles. The van der Waals surface area contributed by atoms with Gasteiger partial charge in [-0.05, 0) is 61.4 Å². The van der Waals surface area contributed by atoms with Crippen molar-refractivity contribution >= 4 is 17.4 Å². The fourth-order valence-electron chi connectivity index (χ4n) is 4.60. The summed E-state index contributed by atoms with van der Waals surface area (Å²) in [6.45, 7) is 5.62. The maximum Gasteiger partial charge on any atom is 0.296 e. The number of hydrogen-bond donors (Lipinski definition) is 1. The summed E-state index contributed by atoms with van der Waals surface area (Å²) >= 11 is 0. The van der Waals surface area contributed by atoms with Gasteiger partial charge in [-0.1, -0.05) is 13.0 Å². The van der Waals surface area contributed by atoms with E-state index in [2.05, 4.69) is 0 Å². The summed E-state index contributed by atoms with van der Waals surface area (Å²) in [5.41, 5.74) is 0.883. The van der Waals surface area contributed by atoms with Crippen LogP contribution in [0.15, 0.2) is 64.8 Å². The standard InChI is InChI=1S/C29H29NO8/c1-3-11-36-21-9-7-18(15-23(21)34-4-2)26-25(28(32)29(33)30(26)17-20-6-5-12-35-20)27(31)19-8-10-22-24(16-19)38-14-13-37-22/h5-10,12,15-16,26,31H,3-4,11,13-14,17H2,1-2H3/t26-/m1/s1. The smallest absolute Gasteiger partial charge is 0.296 e. The second-order valence-electron chi connectivity index (χ2n) is 8.85. The van der Waals surface area contributed by atoms with Gasteiger partial charge in [0.25, 0.3) is 11.7 Å². The first kappa shape index (κ1) is 25.3. The lowest BCUT2D eigenvalue weighted by molar-refractivity contribution is -0.140. The molecule has 2 aliphatic heterocycles. The van der Waals surface area contributed by atoms with Crippen LogP contribution in [0.3, 0.4) is 0 Å². The normalized spacial score (nSPS) is 18.1. The number of aliphatic hydroxyl groups is 1. The van der Waals surface area contributed by atoms with Crippen LogP contribution in [-0.2, 0) is 16.1 Å². The molecule has 1 aromatic heterocycles. The van der Waals surface area contributed by atoms with Gasteiger partial charge in [0, 0.05) is 5.56 Å². The van der Waals surface area contributed by atoms with Crippen LogP contribution >= 0.6 is 0 Å².